The first-order valence-electron chi connectivity index (χ1n) is 5.41. The minimum absolute atomic E-state index is 0.395. The monoisotopic (exact) mass is 326 g/mol. The number of allylic oxidation sites excluding steroid dienone is 2. The van der Waals surface area contributed by atoms with Gasteiger partial charge in [0.15, 0.2) is 0 Å². The molecule has 2 heterocycles. The quantitative estimate of drug-likeness (QED) is 0.630. The Kier molecular flexibility index (Phi) is 4.32. The fourth-order valence-corrected chi connectivity index (χ4v) is 3.47. The van der Waals surface area contributed by atoms with Gasteiger partial charge in [-0.3, -0.25) is 4.28 Å². The summed E-state index contributed by atoms with van der Waals surface area (Å²) in [5, 5.41) is 15.2. The van der Waals surface area contributed by atoms with Crippen LogP contribution in [-0.4, -0.2) is 19.7 Å². The fourth-order valence-electron chi connectivity index (χ4n) is 1.41. The molecule has 0 aliphatic carbocycles. The van der Waals surface area contributed by atoms with Gasteiger partial charge in [-0.25, -0.2) is 0 Å². The lowest BCUT2D eigenvalue weighted by molar-refractivity contribution is 0.345. The van der Waals surface area contributed by atoms with Gasteiger partial charge in [0, 0.05) is 9.78 Å². The van der Waals surface area contributed by atoms with E-state index in [2.05, 4.69) is 15.5 Å². The Morgan fingerprint density at radius 3 is 2.75 bits per heavy atom. The molecule has 0 fully saturated rings. The van der Waals surface area contributed by atoms with Crippen LogP contribution in [0.15, 0.2) is 33.7 Å². The van der Waals surface area contributed by atoms with E-state index in [4.69, 9.17) is 0 Å². The van der Waals surface area contributed by atoms with E-state index in [1.165, 1.54) is 23.1 Å². The molecular weight excluding hydrogens is 316 g/mol. The molecule has 0 bridgehead atoms. The van der Waals surface area contributed by atoms with Crippen molar-refractivity contribution in [2.24, 2.45) is 5.16 Å². The molecule has 0 atom stereocenters. The van der Waals surface area contributed by atoms with Crippen molar-refractivity contribution < 1.29 is 12.7 Å². The molecule has 0 unspecified atom stereocenters. The zero-order valence-electron chi connectivity index (χ0n) is 10.7. The Morgan fingerprint density at radius 1 is 1.45 bits per heavy atom. The van der Waals surface area contributed by atoms with E-state index >= 15 is 0 Å². The maximum atomic E-state index is 10.9. The van der Waals surface area contributed by atoms with Crippen LogP contribution in [0.5, 0.6) is 0 Å². The summed E-state index contributed by atoms with van der Waals surface area (Å²) in [4.78, 5) is 1.60. The molecule has 0 aromatic carbocycles. The van der Waals surface area contributed by atoms with Crippen molar-refractivity contribution >= 4 is 43.8 Å². The normalized spacial score (nSPS) is 19.1. The van der Waals surface area contributed by atoms with E-state index in [1.54, 1.807) is 12.2 Å². The van der Waals surface area contributed by atoms with Gasteiger partial charge in [0.25, 0.3) is 0 Å². The topological polar surface area (TPSA) is 79.5 Å². The summed E-state index contributed by atoms with van der Waals surface area (Å²) in [6, 6.07) is 4.11. The predicted molar refractivity (Wildman–Crippen MR) is 81.7 cm³/mol. The molecule has 1 aliphatic rings. The maximum Gasteiger partial charge on any atom is 0.325 e. The van der Waals surface area contributed by atoms with Gasteiger partial charge in [-0.05, 0) is 36.1 Å². The van der Waals surface area contributed by atoms with Crippen LogP contribution in [0.3, 0.4) is 0 Å². The molecule has 5 nitrogen and oxygen atoms in total. The number of nitriles is 1. The molecule has 8 heteroatoms. The third kappa shape index (κ3) is 3.72. The summed E-state index contributed by atoms with van der Waals surface area (Å²) >= 11 is 2.69. The second-order valence-electron chi connectivity index (χ2n) is 3.98. The average molecular weight is 326 g/mol. The van der Waals surface area contributed by atoms with Gasteiger partial charge >= 0.3 is 10.1 Å². The van der Waals surface area contributed by atoms with Crippen LogP contribution >= 0.6 is 23.1 Å². The summed E-state index contributed by atoms with van der Waals surface area (Å²) in [7, 11) is -3.62. The Hall–Kier alpha value is -1.56. The van der Waals surface area contributed by atoms with E-state index in [9.17, 15) is 13.7 Å². The van der Waals surface area contributed by atoms with Gasteiger partial charge in [-0.2, -0.15) is 13.7 Å². The van der Waals surface area contributed by atoms with Crippen LogP contribution in [0.2, 0.25) is 0 Å². The average Bonchev–Trinajstić information content (AvgIpc) is 2.97. The Labute approximate surface area is 125 Å². The highest BCUT2D eigenvalue weighted by Gasteiger charge is 2.17. The fraction of sp³-hybridized carbons (Fsp3) is 0.167. The summed E-state index contributed by atoms with van der Waals surface area (Å²) in [5.41, 5.74) is 1.65. The molecule has 1 aromatic rings. The summed E-state index contributed by atoms with van der Waals surface area (Å²) in [6.07, 6.45) is 4.26. The summed E-state index contributed by atoms with van der Waals surface area (Å²) in [6.45, 7) is 1.96. The molecule has 0 spiro atoms. The van der Waals surface area contributed by atoms with E-state index in [0.717, 1.165) is 21.6 Å². The molecule has 1 aromatic heterocycles. The van der Waals surface area contributed by atoms with Crippen LogP contribution in [0, 0.1) is 18.3 Å². The largest absolute Gasteiger partial charge is 0.325 e. The van der Waals surface area contributed by atoms with E-state index in [0.29, 0.717) is 10.6 Å². The second kappa shape index (κ2) is 5.83. The third-order valence-corrected chi connectivity index (χ3v) is 4.58. The highest BCUT2D eigenvalue weighted by atomic mass is 32.2. The number of rotatable bonds is 3. The number of thioether (sulfide) groups is 1. The molecule has 1 aliphatic heterocycles. The van der Waals surface area contributed by atoms with Gasteiger partial charge in [0.1, 0.15) is 11.1 Å². The molecule has 2 rings (SSSR count). The Balaban J connectivity index is 2.26. The lowest BCUT2D eigenvalue weighted by Gasteiger charge is -1.99. The molecule has 0 saturated heterocycles. The van der Waals surface area contributed by atoms with E-state index in [-0.39, 0.29) is 0 Å². The zero-order valence-corrected chi connectivity index (χ0v) is 13.1. The number of hydrogen-bond acceptors (Lipinski definition) is 7. The van der Waals surface area contributed by atoms with Gasteiger partial charge < -0.3 is 0 Å². The highest BCUT2D eigenvalue weighted by Crippen LogP contribution is 2.35. The molecular formula is C12H10N2O3S3. The standard InChI is InChI=1S/C12H10N2O3S3/c1-8-5-11(18-7-8)9(6-13)10-3-4-12(19-10)14-17-20(2,15)16/h3-5,7H,1-2H3. The second-order valence-corrected chi connectivity index (χ2v) is 7.51. The summed E-state index contributed by atoms with van der Waals surface area (Å²) in [5.74, 6) is 0. The summed E-state index contributed by atoms with van der Waals surface area (Å²) < 4.78 is 26.1. The maximum absolute atomic E-state index is 10.9. The molecule has 0 N–H and O–H groups in total. The van der Waals surface area contributed by atoms with Crippen LogP contribution in [-0.2, 0) is 14.4 Å². The van der Waals surface area contributed by atoms with Crippen molar-refractivity contribution in [2.45, 2.75) is 6.92 Å². The van der Waals surface area contributed by atoms with Crippen LogP contribution in [0.1, 0.15) is 10.4 Å². The number of nitrogens with zero attached hydrogens (tertiary/aromatic N) is 2. The zero-order chi connectivity index (χ0) is 14.8. The first-order chi connectivity index (χ1) is 9.39. The van der Waals surface area contributed by atoms with Crippen molar-refractivity contribution in [1.82, 2.24) is 0 Å². The van der Waals surface area contributed by atoms with Crippen molar-refractivity contribution in [2.75, 3.05) is 6.26 Å². The Bertz CT molecular complexity index is 764. The van der Waals surface area contributed by atoms with Gasteiger partial charge in [-0.15, -0.1) is 11.3 Å². The minimum atomic E-state index is -3.62. The van der Waals surface area contributed by atoms with E-state index in [1.807, 2.05) is 18.4 Å². The third-order valence-electron chi connectivity index (χ3n) is 2.19. The van der Waals surface area contributed by atoms with Crippen LogP contribution in [0.4, 0.5) is 0 Å². The lowest BCUT2D eigenvalue weighted by atomic mass is 10.2. The molecule has 20 heavy (non-hydrogen) atoms. The van der Waals surface area contributed by atoms with E-state index < -0.39 is 10.1 Å². The Morgan fingerprint density at radius 2 is 2.20 bits per heavy atom. The highest BCUT2D eigenvalue weighted by molar-refractivity contribution is 8.18. The number of oxime groups is 1. The first kappa shape index (κ1) is 14.8. The van der Waals surface area contributed by atoms with Gasteiger partial charge in [0.05, 0.1) is 11.8 Å². The number of hydrogen-bond donors (Lipinski definition) is 0. The first-order valence-corrected chi connectivity index (χ1v) is 8.93. The van der Waals surface area contributed by atoms with Crippen molar-refractivity contribution in [3.05, 3.63) is 38.9 Å². The minimum Gasteiger partial charge on any atom is -0.268 e. The van der Waals surface area contributed by atoms with Crippen molar-refractivity contribution in [3.63, 3.8) is 0 Å². The number of thiophene rings is 1. The SMILES string of the molecule is Cc1csc(C(C#N)=C2C=CC(=NOS(C)(=O)=O)S2)c1. The predicted octanol–water partition coefficient (Wildman–Crippen LogP) is 2.88. The van der Waals surface area contributed by atoms with Crippen LogP contribution < -0.4 is 0 Å². The molecule has 0 radical (unpaired) electrons. The van der Waals surface area contributed by atoms with Crippen molar-refractivity contribution in [3.8, 4) is 6.07 Å². The van der Waals surface area contributed by atoms with Crippen LogP contribution in [0.25, 0.3) is 5.57 Å². The molecule has 104 valence electrons. The van der Waals surface area contributed by atoms with Crippen molar-refractivity contribution in [1.29, 1.82) is 5.26 Å². The molecule has 0 saturated carbocycles. The smallest absolute Gasteiger partial charge is 0.268 e. The molecule has 0 amide bonds. The van der Waals surface area contributed by atoms with Gasteiger partial charge in [-0.1, -0.05) is 16.9 Å². The number of aryl methyl sites for hydroxylation is 1. The van der Waals surface area contributed by atoms with Gasteiger partial charge in [0.2, 0.25) is 0 Å². The lowest BCUT2D eigenvalue weighted by Crippen LogP contribution is -1.98.